The number of carbonyl (C=O) groups excluding carboxylic acids is 1. The van der Waals surface area contributed by atoms with E-state index in [0.29, 0.717) is 12.3 Å². The van der Waals surface area contributed by atoms with Gasteiger partial charge in [-0.3, -0.25) is 4.79 Å². The molecule has 19 heavy (non-hydrogen) atoms. The Balaban J connectivity index is 2.19. The molecular weight excluding hydrogens is 236 g/mol. The first kappa shape index (κ1) is 14.1. The number of nitrogens with zero attached hydrogens (tertiary/aromatic N) is 1. The van der Waals surface area contributed by atoms with E-state index in [9.17, 15) is 4.79 Å². The average molecular weight is 260 g/mol. The number of hydrogen-bond donors (Lipinski definition) is 1. The van der Waals surface area contributed by atoms with Crippen molar-refractivity contribution in [2.24, 2.45) is 5.92 Å². The van der Waals surface area contributed by atoms with Crippen molar-refractivity contribution in [3.63, 3.8) is 0 Å². The van der Waals surface area contributed by atoms with Gasteiger partial charge in [0.1, 0.15) is 0 Å². The number of piperidine rings is 1. The largest absolute Gasteiger partial charge is 0.316 e. The zero-order chi connectivity index (χ0) is 13.7. The highest BCUT2D eigenvalue weighted by atomic mass is 16.2. The summed E-state index contributed by atoms with van der Waals surface area (Å²) in [5, 5.41) is 3.44. The number of rotatable bonds is 4. The quantitative estimate of drug-likeness (QED) is 0.903. The summed E-state index contributed by atoms with van der Waals surface area (Å²) >= 11 is 0. The highest BCUT2D eigenvalue weighted by molar-refractivity contribution is 5.93. The summed E-state index contributed by atoms with van der Waals surface area (Å²) in [4.78, 5) is 14.3. The van der Waals surface area contributed by atoms with Crippen LogP contribution in [0, 0.1) is 5.92 Å². The highest BCUT2D eigenvalue weighted by Gasteiger charge is 2.28. The number of nitrogens with one attached hydrogen (secondary N) is 1. The SMILES string of the molecule is CCC(=O)N(c1ccccc1)C(C)C1CCCNC1. The van der Waals surface area contributed by atoms with Gasteiger partial charge in [-0.1, -0.05) is 25.1 Å². The molecular formula is C16H24N2O. The van der Waals surface area contributed by atoms with Crippen LogP contribution in [0.15, 0.2) is 30.3 Å². The number of amides is 1. The summed E-state index contributed by atoms with van der Waals surface area (Å²) in [5.41, 5.74) is 1.02. The molecule has 1 aliphatic heterocycles. The summed E-state index contributed by atoms with van der Waals surface area (Å²) < 4.78 is 0. The minimum absolute atomic E-state index is 0.212. The zero-order valence-corrected chi connectivity index (χ0v) is 11.9. The Kier molecular flexibility index (Phi) is 4.97. The summed E-state index contributed by atoms with van der Waals surface area (Å²) in [6, 6.07) is 10.3. The first-order chi connectivity index (χ1) is 9.24. The lowest BCUT2D eigenvalue weighted by atomic mass is 9.91. The first-order valence-electron chi connectivity index (χ1n) is 7.32. The van der Waals surface area contributed by atoms with Gasteiger partial charge in [-0.25, -0.2) is 0 Å². The minimum atomic E-state index is 0.212. The predicted molar refractivity (Wildman–Crippen MR) is 79.3 cm³/mol. The molecule has 3 heteroatoms. The summed E-state index contributed by atoms with van der Waals surface area (Å²) in [7, 11) is 0. The Morgan fingerprint density at radius 2 is 2.16 bits per heavy atom. The van der Waals surface area contributed by atoms with Crippen molar-refractivity contribution in [3.05, 3.63) is 30.3 Å². The van der Waals surface area contributed by atoms with Gasteiger partial charge in [0, 0.05) is 18.2 Å². The smallest absolute Gasteiger partial charge is 0.226 e. The molecule has 1 fully saturated rings. The average Bonchev–Trinajstić information content (AvgIpc) is 2.49. The van der Waals surface area contributed by atoms with Crippen LogP contribution in [0.3, 0.4) is 0 Å². The molecule has 0 saturated carbocycles. The molecule has 0 aliphatic carbocycles. The Labute approximate surface area is 116 Å². The van der Waals surface area contributed by atoms with Crippen molar-refractivity contribution in [2.45, 2.75) is 39.2 Å². The van der Waals surface area contributed by atoms with E-state index in [1.807, 2.05) is 42.2 Å². The van der Waals surface area contributed by atoms with Crippen molar-refractivity contribution >= 4 is 11.6 Å². The molecule has 1 heterocycles. The standard InChI is InChI=1S/C16H24N2O/c1-3-16(19)18(15-9-5-4-6-10-15)13(2)14-8-7-11-17-12-14/h4-6,9-10,13-14,17H,3,7-8,11-12H2,1-2H3. The van der Waals surface area contributed by atoms with E-state index in [1.54, 1.807) is 0 Å². The van der Waals surface area contributed by atoms with Crippen molar-refractivity contribution < 1.29 is 4.79 Å². The van der Waals surface area contributed by atoms with Gasteiger partial charge in [-0.2, -0.15) is 0 Å². The van der Waals surface area contributed by atoms with Crippen LogP contribution in [0.5, 0.6) is 0 Å². The second kappa shape index (κ2) is 6.71. The summed E-state index contributed by atoms with van der Waals surface area (Å²) in [5.74, 6) is 0.758. The molecule has 2 rings (SSSR count). The lowest BCUT2D eigenvalue weighted by Crippen LogP contribution is -2.47. The lowest BCUT2D eigenvalue weighted by molar-refractivity contribution is -0.119. The van der Waals surface area contributed by atoms with Crippen LogP contribution >= 0.6 is 0 Å². The van der Waals surface area contributed by atoms with E-state index in [0.717, 1.165) is 18.8 Å². The van der Waals surface area contributed by atoms with Crippen LogP contribution in [0.1, 0.15) is 33.1 Å². The Hall–Kier alpha value is -1.35. The fourth-order valence-corrected chi connectivity index (χ4v) is 2.87. The molecule has 1 N–H and O–H groups in total. The number of benzene rings is 1. The first-order valence-corrected chi connectivity index (χ1v) is 7.32. The Morgan fingerprint density at radius 1 is 1.42 bits per heavy atom. The maximum absolute atomic E-state index is 12.3. The molecule has 3 nitrogen and oxygen atoms in total. The molecule has 0 radical (unpaired) electrons. The monoisotopic (exact) mass is 260 g/mol. The molecule has 2 atom stereocenters. The third-order valence-electron chi connectivity index (χ3n) is 4.03. The van der Waals surface area contributed by atoms with Crippen molar-refractivity contribution in [2.75, 3.05) is 18.0 Å². The van der Waals surface area contributed by atoms with E-state index in [-0.39, 0.29) is 11.9 Å². The van der Waals surface area contributed by atoms with Gasteiger partial charge >= 0.3 is 0 Å². The fourth-order valence-electron chi connectivity index (χ4n) is 2.87. The highest BCUT2D eigenvalue weighted by Crippen LogP contribution is 2.25. The van der Waals surface area contributed by atoms with Gasteiger partial charge in [0.25, 0.3) is 0 Å². The molecule has 0 aromatic heterocycles. The Bertz CT molecular complexity index is 398. The van der Waals surface area contributed by atoms with Gasteiger partial charge in [-0.15, -0.1) is 0 Å². The van der Waals surface area contributed by atoms with Crippen LogP contribution < -0.4 is 10.2 Å². The predicted octanol–water partition coefficient (Wildman–Crippen LogP) is 2.82. The molecule has 1 amide bonds. The van der Waals surface area contributed by atoms with Gasteiger partial charge < -0.3 is 10.2 Å². The third kappa shape index (κ3) is 3.35. The number of hydrogen-bond acceptors (Lipinski definition) is 2. The maximum atomic E-state index is 12.3. The van der Waals surface area contributed by atoms with Crippen LogP contribution in [-0.2, 0) is 4.79 Å². The van der Waals surface area contributed by atoms with Crippen LogP contribution in [0.2, 0.25) is 0 Å². The molecule has 104 valence electrons. The van der Waals surface area contributed by atoms with Gasteiger partial charge in [-0.05, 0) is 50.9 Å². The summed E-state index contributed by atoms with van der Waals surface area (Å²) in [6.45, 7) is 6.24. The minimum Gasteiger partial charge on any atom is -0.316 e. The van der Waals surface area contributed by atoms with E-state index >= 15 is 0 Å². The number of anilines is 1. The molecule has 2 unspecified atom stereocenters. The Morgan fingerprint density at radius 3 is 2.74 bits per heavy atom. The van der Waals surface area contributed by atoms with Crippen LogP contribution in [0.25, 0.3) is 0 Å². The van der Waals surface area contributed by atoms with Gasteiger partial charge in [0.15, 0.2) is 0 Å². The van der Waals surface area contributed by atoms with Crippen molar-refractivity contribution in [1.29, 1.82) is 0 Å². The number of para-hydroxylation sites is 1. The second-order valence-electron chi connectivity index (χ2n) is 5.30. The second-order valence-corrected chi connectivity index (χ2v) is 5.30. The third-order valence-corrected chi connectivity index (χ3v) is 4.03. The van der Waals surface area contributed by atoms with E-state index < -0.39 is 0 Å². The normalized spacial score (nSPS) is 20.8. The molecule has 1 aromatic rings. The van der Waals surface area contributed by atoms with E-state index in [1.165, 1.54) is 12.8 Å². The molecule has 1 aliphatic rings. The van der Waals surface area contributed by atoms with Crippen molar-refractivity contribution in [1.82, 2.24) is 5.32 Å². The fraction of sp³-hybridized carbons (Fsp3) is 0.562. The number of carbonyl (C=O) groups is 1. The van der Waals surface area contributed by atoms with Gasteiger partial charge in [0.05, 0.1) is 0 Å². The zero-order valence-electron chi connectivity index (χ0n) is 11.9. The molecule has 0 spiro atoms. The van der Waals surface area contributed by atoms with Crippen LogP contribution in [-0.4, -0.2) is 25.0 Å². The molecule has 0 bridgehead atoms. The lowest BCUT2D eigenvalue weighted by Gasteiger charge is -2.37. The topological polar surface area (TPSA) is 32.3 Å². The van der Waals surface area contributed by atoms with E-state index in [2.05, 4.69) is 12.2 Å². The molecule has 1 aromatic carbocycles. The summed E-state index contributed by atoms with van der Waals surface area (Å²) in [6.07, 6.45) is 2.96. The van der Waals surface area contributed by atoms with Crippen molar-refractivity contribution in [3.8, 4) is 0 Å². The van der Waals surface area contributed by atoms with Crippen LogP contribution in [0.4, 0.5) is 5.69 Å². The van der Waals surface area contributed by atoms with Gasteiger partial charge in [0.2, 0.25) is 5.91 Å². The molecule has 1 saturated heterocycles. The van der Waals surface area contributed by atoms with E-state index in [4.69, 9.17) is 0 Å². The maximum Gasteiger partial charge on any atom is 0.226 e.